The van der Waals surface area contributed by atoms with Crippen LogP contribution in [0.25, 0.3) is 0 Å². The number of pyridine rings is 1. The number of nitrogens with zero attached hydrogens (tertiary/aromatic N) is 2. The van der Waals surface area contributed by atoms with Gasteiger partial charge in [-0.25, -0.2) is 19.5 Å². The highest BCUT2D eigenvalue weighted by molar-refractivity contribution is 5.89. The zero-order chi connectivity index (χ0) is 22.1. The molecule has 30 heavy (non-hydrogen) atoms. The summed E-state index contributed by atoms with van der Waals surface area (Å²) in [4.78, 5) is 27.3. The van der Waals surface area contributed by atoms with E-state index >= 15 is 0 Å². The van der Waals surface area contributed by atoms with E-state index in [2.05, 4.69) is 9.72 Å². The molecule has 0 radical (unpaired) electrons. The summed E-state index contributed by atoms with van der Waals surface area (Å²) < 4.78 is 73.5. The maximum absolute atomic E-state index is 13.5. The van der Waals surface area contributed by atoms with E-state index in [1.54, 1.807) is 0 Å². The highest BCUT2D eigenvalue weighted by Crippen LogP contribution is 2.35. The monoisotopic (exact) mass is 432 g/mol. The average Bonchev–Trinajstić information content (AvgIpc) is 2.97. The Morgan fingerprint density at radius 3 is 2.67 bits per heavy atom. The first kappa shape index (κ1) is 21.3. The third kappa shape index (κ3) is 4.42. The lowest BCUT2D eigenvalue weighted by Crippen LogP contribution is -2.40. The molecule has 1 aliphatic heterocycles. The summed E-state index contributed by atoms with van der Waals surface area (Å²) in [7, 11) is 0. The summed E-state index contributed by atoms with van der Waals surface area (Å²) in [5, 5.41) is 9.35. The van der Waals surface area contributed by atoms with Gasteiger partial charge in [0.15, 0.2) is 6.10 Å². The third-order valence-corrected chi connectivity index (χ3v) is 4.24. The number of aromatic nitrogens is 1. The Morgan fingerprint density at radius 2 is 2.03 bits per heavy atom. The number of cyclic esters (lactones) is 1. The van der Waals surface area contributed by atoms with Gasteiger partial charge in [0, 0.05) is 17.8 Å². The molecule has 2 atom stereocenters. The lowest BCUT2D eigenvalue weighted by molar-refractivity contribution is -0.253. The molecule has 0 spiro atoms. The lowest BCUT2D eigenvalue weighted by atomic mass is 9.96. The fraction of sp³-hybridized carbons (Fsp3) is 0.278. The van der Waals surface area contributed by atoms with Gasteiger partial charge in [-0.1, -0.05) is 12.1 Å². The minimum Gasteiger partial charge on any atom is -0.465 e. The smallest absolute Gasteiger partial charge is 0.461 e. The molecule has 2 aromatic rings. The van der Waals surface area contributed by atoms with E-state index in [1.807, 2.05) is 0 Å². The fourth-order valence-electron chi connectivity index (χ4n) is 3.00. The normalized spacial score (nSPS) is 19.1. The van der Waals surface area contributed by atoms with Crippen LogP contribution in [0, 0.1) is 5.95 Å². The van der Waals surface area contributed by atoms with Gasteiger partial charge in [-0.05, 0) is 30.2 Å². The van der Waals surface area contributed by atoms with Gasteiger partial charge in [0.25, 0.3) is 0 Å². The molecule has 0 saturated carbocycles. The zero-order valence-corrected chi connectivity index (χ0v) is 14.8. The molecule has 3 rings (SSSR count). The molecule has 1 saturated heterocycles. The summed E-state index contributed by atoms with van der Waals surface area (Å²) in [5.41, 5.74) is 0.313. The second kappa shape index (κ2) is 8.13. The van der Waals surface area contributed by atoms with Gasteiger partial charge in [-0.15, -0.1) is 0 Å². The Morgan fingerprint density at radius 1 is 1.30 bits per heavy atom. The van der Waals surface area contributed by atoms with Crippen LogP contribution in [0.15, 0.2) is 42.6 Å². The summed E-state index contributed by atoms with van der Waals surface area (Å²) in [6, 6.07) is 5.73. The van der Waals surface area contributed by atoms with Crippen LogP contribution in [0.5, 0.6) is 5.75 Å². The molecule has 7 nitrogen and oxygen atoms in total. The minimum atomic E-state index is -4.73. The van der Waals surface area contributed by atoms with Crippen molar-refractivity contribution in [1.29, 1.82) is 0 Å². The number of imide groups is 1. The number of amides is 2. The number of carbonyl (C=O) groups excluding carboxylic acids is 1. The predicted molar refractivity (Wildman–Crippen MR) is 88.8 cm³/mol. The maximum Gasteiger partial charge on any atom is 0.461 e. The molecule has 0 aliphatic carbocycles. The van der Waals surface area contributed by atoms with Crippen LogP contribution in [0.1, 0.15) is 17.2 Å². The zero-order valence-electron chi connectivity index (χ0n) is 14.8. The first-order valence-electron chi connectivity index (χ1n) is 8.36. The number of carboxylic acid groups (broad SMARTS) is 1. The Labute approximate surface area is 165 Å². The second-order valence-electron chi connectivity index (χ2n) is 6.25. The number of benzene rings is 1. The van der Waals surface area contributed by atoms with Crippen molar-refractivity contribution in [3.05, 3.63) is 59.7 Å². The van der Waals surface area contributed by atoms with Gasteiger partial charge in [0.2, 0.25) is 5.95 Å². The molecular formula is C18H13F5N2O5. The second-order valence-corrected chi connectivity index (χ2v) is 6.25. The Hall–Kier alpha value is -3.44. The van der Waals surface area contributed by atoms with Crippen LogP contribution in [-0.2, 0) is 11.2 Å². The molecule has 1 N–H and O–H groups in total. The van der Waals surface area contributed by atoms with E-state index in [-0.39, 0.29) is 17.5 Å². The Kier molecular flexibility index (Phi) is 5.76. The highest BCUT2D eigenvalue weighted by Gasteiger charge is 2.47. The molecule has 0 bridgehead atoms. The largest absolute Gasteiger partial charge is 0.465 e. The number of alkyl halides is 4. The van der Waals surface area contributed by atoms with E-state index in [0.29, 0.717) is 4.90 Å². The number of hydrogen-bond acceptors (Lipinski definition) is 5. The van der Waals surface area contributed by atoms with E-state index in [0.717, 1.165) is 24.4 Å². The first-order chi connectivity index (χ1) is 14.1. The lowest BCUT2D eigenvalue weighted by Gasteiger charge is -2.22. The summed E-state index contributed by atoms with van der Waals surface area (Å²) in [6.45, 7) is 0. The van der Waals surface area contributed by atoms with Gasteiger partial charge in [-0.3, -0.25) is 0 Å². The third-order valence-electron chi connectivity index (χ3n) is 4.24. The average molecular weight is 432 g/mol. The van der Waals surface area contributed by atoms with Crippen molar-refractivity contribution in [3.63, 3.8) is 0 Å². The summed E-state index contributed by atoms with van der Waals surface area (Å²) in [6.07, 6.45) is -12.0. The van der Waals surface area contributed by atoms with Crippen molar-refractivity contribution < 1.29 is 46.1 Å². The summed E-state index contributed by atoms with van der Waals surface area (Å²) >= 11 is 0. The van der Waals surface area contributed by atoms with Crippen molar-refractivity contribution in [3.8, 4) is 5.75 Å². The van der Waals surface area contributed by atoms with Crippen LogP contribution in [0.4, 0.5) is 31.5 Å². The number of ether oxygens (including phenoxy) is 2. The standard InChI is InChI=1S/C18H13F5N2O5/c19-13-8-10(4-5-24-13)14-12(25(16(26)27)17(28)29-14)7-9-2-1-3-11(6-9)30-18(22,23)15(20)21/h1-6,8,12,14-15H,7H2,(H,26,27). The number of hydrogen-bond donors (Lipinski definition) is 1. The van der Waals surface area contributed by atoms with Gasteiger partial charge in [0.1, 0.15) is 5.75 Å². The molecule has 1 fully saturated rings. The number of rotatable bonds is 6. The first-order valence-corrected chi connectivity index (χ1v) is 8.36. The molecule has 1 aromatic heterocycles. The quantitative estimate of drug-likeness (QED) is 0.543. The van der Waals surface area contributed by atoms with Gasteiger partial charge in [-0.2, -0.15) is 22.0 Å². The van der Waals surface area contributed by atoms with Gasteiger partial charge in [0.05, 0.1) is 6.04 Å². The van der Waals surface area contributed by atoms with Crippen LogP contribution in [-0.4, -0.2) is 45.8 Å². The van der Waals surface area contributed by atoms with E-state index < -0.39 is 48.6 Å². The van der Waals surface area contributed by atoms with E-state index in [4.69, 9.17) is 4.74 Å². The fourth-order valence-corrected chi connectivity index (χ4v) is 3.00. The molecular weight excluding hydrogens is 419 g/mol. The van der Waals surface area contributed by atoms with Crippen LogP contribution in [0.2, 0.25) is 0 Å². The van der Waals surface area contributed by atoms with E-state index in [9.17, 15) is 36.6 Å². The SMILES string of the molecule is O=C(O)N1C(=O)OC(c2ccnc(F)c2)C1Cc1cccc(OC(F)(F)C(F)F)c1. The molecule has 2 unspecified atom stereocenters. The molecule has 1 aliphatic rings. The Bertz CT molecular complexity index is 958. The predicted octanol–water partition coefficient (Wildman–Crippen LogP) is 4.24. The van der Waals surface area contributed by atoms with Crippen LogP contribution in [0.3, 0.4) is 0 Å². The highest BCUT2D eigenvalue weighted by atomic mass is 19.3. The van der Waals surface area contributed by atoms with Crippen molar-refractivity contribution in [2.45, 2.75) is 31.1 Å². The van der Waals surface area contributed by atoms with Crippen LogP contribution >= 0.6 is 0 Å². The number of halogens is 5. The Balaban J connectivity index is 1.90. The van der Waals surface area contributed by atoms with Gasteiger partial charge >= 0.3 is 24.7 Å². The maximum atomic E-state index is 13.5. The van der Waals surface area contributed by atoms with Crippen molar-refractivity contribution >= 4 is 12.2 Å². The van der Waals surface area contributed by atoms with E-state index in [1.165, 1.54) is 18.2 Å². The van der Waals surface area contributed by atoms with Crippen LogP contribution < -0.4 is 4.74 Å². The van der Waals surface area contributed by atoms with Crippen molar-refractivity contribution in [1.82, 2.24) is 9.88 Å². The topological polar surface area (TPSA) is 89.0 Å². The molecule has 160 valence electrons. The molecule has 2 heterocycles. The van der Waals surface area contributed by atoms with Crippen molar-refractivity contribution in [2.24, 2.45) is 0 Å². The van der Waals surface area contributed by atoms with Gasteiger partial charge < -0.3 is 14.6 Å². The number of carbonyl (C=O) groups is 2. The minimum absolute atomic E-state index is 0.126. The molecule has 12 heteroatoms. The summed E-state index contributed by atoms with van der Waals surface area (Å²) in [5.74, 6) is -1.47. The van der Waals surface area contributed by atoms with Crippen molar-refractivity contribution in [2.75, 3.05) is 0 Å². The molecule has 1 aromatic carbocycles. The molecule has 2 amide bonds.